The van der Waals surface area contributed by atoms with Gasteiger partial charge in [-0.15, -0.1) is 6.58 Å². The van der Waals surface area contributed by atoms with Crippen molar-refractivity contribution in [1.82, 2.24) is 0 Å². The number of allylic oxidation sites excluding steroid dienone is 1. The highest BCUT2D eigenvalue weighted by Crippen LogP contribution is 2.68. The number of carbonyl (C=O) groups excluding carboxylic acids is 1. The molecule has 0 aromatic heterocycles. The summed E-state index contributed by atoms with van der Waals surface area (Å²) >= 11 is 0. The fraction of sp³-hybridized carbons (Fsp3) is 0.857. The van der Waals surface area contributed by atoms with Crippen LogP contribution in [0, 0.1) is 39.9 Å². The molecular weight excluding hydrogens is 284 g/mol. The van der Waals surface area contributed by atoms with E-state index in [2.05, 4.69) is 47.3 Å². The Morgan fingerprint density at radius 1 is 1.17 bits per heavy atom. The van der Waals surface area contributed by atoms with Crippen molar-refractivity contribution in [2.75, 3.05) is 0 Å². The first kappa shape index (κ1) is 17.2. The number of aliphatic hydroxyl groups excluding tert-OH is 1. The van der Waals surface area contributed by atoms with Crippen molar-refractivity contribution in [1.29, 1.82) is 0 Å². The van der Waals surface area contributed by atoms with E-state index in [4.69, 9.17) is 0 Å². The highest BCUT2D eigenvalue weighted by atomic mass is 16.3. The number of ketones is 1. The predicted octanol–water partition coefficient (Wildman–Crippen LogP) is 4.62. The first-order chi connectivity index (χ1) is 10.6. The molecule has 8 atom stereocenters. The van der Waals surface area contributed by atoms with E-state index in [-0.39, 0.29) is 22.2 Å². The number of hydrogen-bond acceptors (Lipinski definition) is 2. The molecule has 3 rings (SSSR count). The van der Waals surface area contributed by atoms with Crippen LogP contribution in [0.2, 0.25) is 0 Å². The molecule has 0 radical (unpaired) electrons. The number of aliphatic hydroxyl groups is 1. The van der Waals surface area contributed by atoms with Gasteiger partial charge in [0, 0.05) is 17.8 Å². The molecule has 2 heteroatoms. The third-order valence-electron chi connectivity index (χ3n) is 8.97. The van der Waals surface area contributed by atoms with E-state index in [1.54, 1.807) is 0 Å². The lowest BCUT2D eigenvalue weighted by molar-refractivity contribution is -0.179. The van der Waals surface area contributed by atoms with Crippen LogP contribution < -0.4 is 0 Å². The molecule has 0 amide bonds. The second-order valence-electron chi connectivity index (χ2n) is 9.45. The summed E-state index contributed by atoms with van der Waals surface area (Å²) in [6.45, 7) is 15.5. The lowest BCUT2D eigenvalue weighted by Crippen LogP contribution is -2.60. The van der Waals surface area contributed by atoms with Gasteiger partial charge in [0.1, 0.15) is 5.78 Å². The quantitative estimate of drug-likeness (QED) is 0.716. The van der Waals surface area contributed by atoms with Crippen molar-refractivity contribution in [2.45, 2.75) is 72.8 Å². The zero-order valence-corrected chi connectivity index (χ0v) is 15.6. The Morgan fingerprint density at radius 2 is 1.83 bits per heavy atom. The smallest absolute Gasteiger partial charge is 0.137 e. The van der Waals surface area contributed by atoms with Crippen molar-refractivity contribution in [3.05, 3.63) is 12.7 Å². The minimum Gasteiger partial charge on any atom is -0.392 e. The average Bonchev–Trinajstić information content (AvgIpc) is 2.87. The lowest BCUT2D eigenvalue weighted by Gasteiger charge is -2.62. The Morgan fingerprint density at radius 3 is 2.43 bits per heavy atom. The molecular formula is C21H34O2. The van der Waals surface area contributed by atoms with Gasteiger partial charge in [0.2, 0.25) is 0 Å². The van der Waals surface area contributed by atoms with Crippen LogP contribution in [0.4, 0.5) is 0 Å². The van der Waals surface area contributed by atoms with Crippen LogP contribution in [0.3, 0.4) is 0 Å². The van der Waals surface area contributed by atoms with Crippen molar-refractivity contribution in [3.63, 3.8) is 0 Å². The molecule has 23 heavy (non-hydrogen) atoms. The molecule has 3 saturated carbocycles. The van der Waals surface area contributed by atoms with Crippen LogP contribution in [0.1, 0.15) is 66.7 Å². The van der Waals surface area contributed by atoms with E-state index >= 15 is 0 Å². The molecule has 0 spiro atoms. The van der Waals surface area contributed by atoms with Gasteiger partial charge in [-0.3, -0.25) is 4.79 Å². The lowest BCUT2D eigenvalue weighted by atomic mass is 9.43. The highest BCUT2D eigenvalue weighted by Gasteiger charge is 2.66. The molecule has 0 heterocycles. The van der Waals surface area contributed by atoms with Gasteiger partial charge < -0.3 is 5.11 Å². The summed E-state index contributed by atoms with van der Waals surface area (Å²) < 4.78 is 0. The summed E-state index contributed by atoms with van der Waals surface area (Å²) in [7, 11) is 0. The SMILES string of the molecule is C=C[C@]1(C)C[C@@H](O)[C@@]2(C)C3C(=O)CCC3(CC[C@H]2C)[C@@H](C)[C@@H]1C. The van der Waals surface area contributed by atoms with Crippen LogP contribution in [0.25, 0.3) is 0 Å². The average molecular weight is 319 g/mol. The second-order valence-corrected chi connectivity index (χ2v) is 9.45. The minimum atomic E-state index is -0.429. The van der Waals surface area contributed by atoms with E-state index in [1.165, 1.54) is 0 Å². The summed E-state index contributed by atoms with van der Waals surface area (Å²) in [4.78, 5) is 12.9. The molecule has 130 valence electrons. The fourth-order valence-electron chi connectivity index (χ4n) is 6.68. The molecule has 2 bridgehead atoms. The maximum Gasteiger partial charge on any atom is 0.137 e. The topological polar surface area (TPSA) is 37.3 Å². The summed E-state index contributed by atoms with van der Waals surface area (Å²) in [6.07, 6.45) is 6.37. The maximum atomic E-state index is 12.9. The van der Waals surface area contributed by atoms with E-state index in [1.807, 2.05) is 0 Å². The molecule has 3 aliphatic carbocycles. The maximum absolute atomic E-state index is 12.9. The van der Waals surface area contributed by atoms with E-state index in [0.29, 0.717) is 30.0 Å². The Kier molecular flexibility index (Phi) is 3.87. The summed E-state index contributed by atoms with van der Waals surface area (Å²) in [5, 5.41) is 11.3. The minimum absolute atomic E-state index is 0.0422. The Bertz CT molecular complexity index is 526. The number of rotatable bonds is 1. The molecule has 2 nitrogen and oxygen atoms in total. The van der Waals surface area contributed by atoms with Gasteiger partial charge in [-0.25, -0.2) is 0 Å². The third-order valence-corrected chi connectivity index (χ3v) is 8.97. The monoisotopic (exact) mass is 318 g/mol. The highest BCUT2D eigenvalue weighted by molar-refractivity contribution is 5.85. The standard InChI is InChI=1S/C21H34O2/c1-7-19(5)12-17(23)20(6)13(2)8-10-21(15(4)14(19)3)11-9-16(22)18(20)21/h7,13-15,17-18,23H,1,8-12H2,2-6H3/t13-,14+,15+,17-,18?,19-,20+,21?/m1/s1. The number of hydrogen-bond donors (Lipinski definition) is 1. The van der Waals surface area contributed by atoms with Gasteiger partial charge in [0.15, 0.2) is 0 Å². The van der Waals surface area contributed by atoms with Crippen molar-refractivity contribution >= 4 is 5.78 Å². The van der Waals surface area contributed by atoms with Crippen molar-refractivity contribution < 1.29 is 9.90 Å². The molecule has 0 saturated heterocycles. The molecule has 0 aromatic carbocycles. The number of carbonyl (C=O) groups is 1. The van der Waals surface area contributed by atoms with Crippen LogP contribution in [0.5, 0.6) is 0 Å². The molecule has 1 N–H and O–H groups in total. The molecule has 3 aliphatic rings. The zero-order valence-electron chi connectivity index (χ0n) is 15.6. The second kappa shape index (κ2) is 5.18. The Hall–Kier alpha value is -0.630. The fourth-order valence-corrected chi connectivity index (χ4v) is 6.68. The first-order valence-corrected chi connectivity index (χ1v) is 9.48. The Balaban J connectivity index is 2.21. The van der Waals surface area contributed by atoms with Crippen molar-refractivity contribution in [3.8, 4) is 0 Å². The van der Waals surface area contributed by atoms with E-state index < -0.39 is 6.10 Å². The largest absolute Gasteiger partial charge is 0.392 e. The number of Topliss-reactive ketones (excluding diaryl/α,β-unsaturated/α-hetero) is 1. The van der Waals surface area contributed by atoms with Gasteiger partial charge >= 0.3 is 0 Å². The van der Waals surface area contributed by atoms with E-state index in [9.17, 15) is 9.90 Å². The predicted molar refractivity (Wildman–Crippen MR) is 93.9 cm³/mol. The summed E-state index contributed by atoms with van der Waals surface area (Å²) in [5.41, 5.74) is -0.269. The van der Waals surface area contributed by atoms with Crippen LogP contribution >= 0.6 is 0 Å². The van der Waals surface area contributed by atoms with Gasteiger partial charge in [-0.05, 0) is 54.3 Å². The van der Waals surface area contributed by atoms with Crippen molar-refractivity contribution in [2.24, 2.45) is 39.9 Å². The van der Waals surface area contributed by atoms with E-state index in [0.717, 1.165) is 25.7 Å². The molecule has 0 aliphatic heterocycles. The first-order valence-electron chi connectivity index (χ1n) is 9.48. The molecule has 3 fully saturated rings. The van der Waals surface area contributed by atoms with Gasteiger partial charge in [-0.2, -0.15) is 0 Å². The Labute approximate surface area is 141 Å². The van der Waals surface area contributed by atoms with Crippen LogP contribution in [-0.4, -0.2) is 17.0 Å². The molecule has 2 unspecified atom stereocenters. The van der Waals surface area contributed by atoms with Crippen LogP contribution in [-0.2, 0) is 4.79 Å². The van der Waals surface area contributed by atoms with Crippen LogP contribution in [0.15, 0.2) is 12.7 Å². The normalized spacial score (nSPS) is 56.6. The van der Waals surface area contributed by atoms with Gasteiger partial charge in [-0.1, -0.05) is 40.7 Å². The summed E-state index contributed by atoms with van der Waals surface area (Å²) in [5.74, 6) is 1.77. The van der Waals surface area contributed by atoms with Gasteiger partial charge in [0.05, 0.1) is 6.10 Å². The van der Waals surface area contributed by atoms with Gasteiger partial charge in [0.25, 0.3) is 0 Å². The third kappa shape index (κ3) is 2.00. The molecule has 0 aromatic rings. The summed E-state index contributed by atoms with van der Waals surface area (Å²) in [6, 6.07) is 0. The zero-order chi connectivity index (χ0) is 17.2.